The van der Waals surface area contributed by atoms with Gasteiger partial charge in [-0.1, -0.05) is 26.0 Å². The molecule has 0 bridgehead atoms. The van der Waals surface area contributed by atoms with Crippen molar-refractivity contribution in [3.63, 3.8) is 0 Å². The Balaban J connectivity index is 2.94. The number of carboxylic acid groups (broad SMARTS) is 2. The Hall–Kier alpha value is -3.67. The maximum atomic E-state index is 12.9. The average Bonchev–Trinajstić information content (AvgIpc) is 2.75. The molecule has 12 heteroatoms. The molecule has 0 spiro atoms. The SMILES string of the molecule is CC(NC(=O)C(Cc1ccc(O)cc1)NC(=O)C(N)CCC(=O)O)C(=O)NC(C(=O)O)C(C)C. The second-order valence-electron chi connectivity index (χ2n) is 8.27. The zero-order valence-corrected chi connectivity index (χ0v) is 19.3. The van der Waals surface area contributed by atoms with Crippen molar-refractivity contribution < 1.29 is 39.3 Å². The van der Waals surface area contributed by atoms with Gasteiger partial charge in [-0.05, 0) is 37.0 Å². The third-order valence-electron chi connectivity index (χ3n) is 5.00. The first-order valence-corrected chi connectivity index (χ1v) is 10.7. The first-order chi connectivity index (χ1) is 15.8. The smallest absolute Gasteiger partial charge is 0.326 e. The van der Waals surface area contributed by atoms with E-state index in [9.17, 15) is 34.2 Å². The predicted molar refractivity (Wildman–Crippen MR) is 121 cm³/mol. The summed E-state index contributed by atoms with van der Waals surface area (Å²) in [6.07, 6.45) is -0.484. The number of nitrogens with two attached hydrogens (primary N) is 1. The zero-order valence-electron chi connectivity index (χ0n) is 19.3. The number of carbonyl (C=O) groups is 5. The van der Waals surface area contributed by atoms with Crippen LogP contribution in [-0.4, -0.2) is 69.1 Å². The van der Waals surface area contributed by atoms with Gasteiger partial charge in [0.05, 0.1) is 6.04 Å². The summed E-state index contributed by atoms with van der Waals surface area (Å²) >= 11 is 0. The van der Waals surface area contributed by atoms with Crippen molar-refractivity contribution in [1.29, 1.82) is 0 Å². The van der Waals surface area contributed by atoms with Gasteiger partial charge in [0, 0.05) is 12.8 Å². The van der Waals surface area contributed by atoms with Gasteiger partial charge < -0.3 is 37.0 Å². The van der Waals surface area contributed by atoms with E-state index in [2.05, 4.69) is 16.0 Å². The van der Waals surface area contributed by atoms with Crippen LogP contribution in [0.25, 0.3) is 0 Å². The van der Waals surface area contributed by atoms with Gasteiger partial charge in [0.2, 0.25) is 17.7 Å². The number of nitrogens with one attached hydrogen (secondary N) is 3. The normalized spacial score (nSPS) is 14.4. The molecule has 8 N–H and O–H groups in total. The van der Waals surface area contributed by atoms with E-state index in [-0.39, 0.29) is 25.0 Å². The number of carboxylic acids is 2. The number of amides is 3. The highest BCUT2D eigenvalue weighted by Crippen LogP contribution is 2.12. The topological polar surface area (TPSA) is 208 Å². The summed E-state index contributed by atoms with van der Waals surface area (Å²) in [6.45, 7) is 4.61. The highest BCUT2D eigenvalue weighted by Gasteiger charge is 2.29. The third-order valence-corrected chi connectivity index (χ3v) is 5.00. The van der Waals surface area contributed by atoms with Gasteiger partial charge >= 0.3 is 11.9 Å². The minimum atomic E-state index is -1.21. The van der Waals surface area contributed by atoms with Crippen molar-refractivity contribution in [3.05, 3.63) is 29.8 Å². The Kier molecular flexibility index (Phi) is 11.0. The molecular formula is C22H32N4O8. The number of aliphatic carboxylic acids is 2. The Labute approximate surface area is 196 Å². The van der Waals surface area contributed by atoms with E-state index in [4.69, 9.17) is 10.8 Å². The average molecular weight is 481 g/mol. The quantitative estimate of drug-likeness (QED) is 0.191. The fourth-order valence-electron chi connectivity index (χ4n) is 2.94. The van der Waals surface area contributed by atoms with Crippen LogP contribution in [-0.2, 0) is 30.4 Å². The highest BCUT2D eigenvalue weighted by molar-refractivity contribution is 5.94. The summed E-state index contributed by atoms with van der Waals surface area (Å²) in [5.74, 6) is -4.92. The molecular weight excluding hydrogens is 448 g/mol. The fraction of sp³-hybridized carbons (Fsp3) is 0.500. The van der Waals surface area contributed by atoms with Gasteiger partial charge in [0.25, 0.3) is 0 Å². The largest absolute Gasteiger partial charge is 0.508 e. The monoisotopic (exact) mass is 480 g/mol. The summed E-state index contributed by atoms with van der Waals surface area (Å²) < 4.78 is 0. The van der Waals surface area contributed by atoms with Crippen molar-refractivity contribution in [1.82, 2.24) is 16.0 Å². The van der Waals surface area contributed by atoms with E-state index in [0.29, 0.717) is 5.56 Å². The predicted octanol–water partition coefficient (Wildman–Crippen LogP) is -0.658. The number of phenolic OH excluding ortho intramolecular Hbond substituents is 1. The van der Waals surface area contributed by atoms with Crippen LogP contribution < -0.4 is 21.7 Å². The van der Waals surface area contributed by atoms with Gasteiger partial charge in [-0.2, -0.15) is 0 Å². The van der Waals surface area contributed by atoms with Crippen molar-refractivity contribution in [2.24, 2.45) is 11.7 Å². The van der Waals surface area contributed by atoms with Crippen molar-refractivity contribution >= 4 is 29.7 Å². The van der Waals surface area contributed by atoms with Crippen LogP contribution in [0.3, 0.4) is 0 Å². The number of benzene rings is 1. The second-order valence-corrected chi connectivity index (χ2v) is 8.27. The lowest BCUT2D eigenvalue weighted by Gasteiger charge is -2.24. The number of rotatable bonds is 13. The minimum Gasteiger partial charge on any atom is -0.508 e. The molecule has 0 saturated heterocycles. The van der Waals surface area contributed by atoms with Gasteiger partial charge in [-0.3, -0.25) is 19.2 Å². The fourth-order valence-corrected chi connectivity index (χ4v) is 2.94. The van der Waals surface area contributed by atoms with E-state index >= 15 is 0 Å². The van der Waals surface area contributed by atoms with E-state index in [1.807, 2.05) is 0 Å². The molecule has 0 aromatic heterocycles. The number of carbonyl (C=O) groups excluding carboxylic acids is 3. The lowest BCUT2D eigenvalue weighted by Crippen LogP contribution is -2.57. The van der Waals surface area contributed by atoms with Crippen LogP contribution in [0.4, 0.5) is 0 Å². The first kappa shape index (κ1) is 28.4. The molecule has 3 amide bonds. The number of aromatic hydroxyl groups is 1. The second kappa shape index (κ2) is 13.1. The standard InChI is InChI=1S/C22H32N4O8/c1-11(2)18(22(33)34)26-19(30)12(3)24-21(32)16(10-13-4-6-14(27)7-5-13)25-20(31)15(23)8-9-17(28)29/h4-7,11-12,15-16,18,27H,8-10,23H2,1-3H3,(H,24,32)(H,25,31)(H,26,30)(H,28,29)(H,33,34). The van der Waals surface area contributed by atoms with Crippen LogP contribution in [0.1, 0.15) is 39.2 Å². The third kappa shape index (κ3) is 9.45. The van der Waals surface area contributed by atoms with E-state index in [1.165, 1.54) is 19.1 Å². The number of hydrogen-bond donors (Lipinski definition) is 7. The zero-order chi connectivity index (χ0) is 26.0. The summed E-state index contributed by atoms with van der Waals surface area (Å²) in [5, 5.41) is 34.7. The van der Waals surface area contributed by atoms with Gasteiger partial charge in [-0.25, -0.2) is 4.79 Å². The maximum Gasteiger partial charge on any atom is 0.326 e. The minimum absolute atomic E-state index is 0.00732. The molecule has 0 aliphatic carbocycles. The molecule has 1 aromatic carbocycles. The Bertz CT molecular complexity index is 887. The van der Waals surface area contributed by atoms with E-state index < -0.39 is 59.7 Å². The van der Waals surface area contributed by atoms with Gasteiger partial charge in [-0.15, -0.1) is 0 Å². The molecule has 4 atom stereocenters. The first-order valence-electron chi connectivity index (χ1n) is 10.7. The number of phenols is 1. The highest BCUT2D eigenvalue weighted by atomic mass is 16.4. The Morgan fingerprint density at radius 1 is 0.882 bits per heavy atom. The Morgan fingerprint density at radius 3 is 1.97 bits per heavy atom. The molecule has 1 aromatic rings. The molecule has 0 aliphatic heterocycles. The molecule has 34 heavy (non-hydrogen) atoms. The summed E-state index contributed by atoms with van der Waals surface area (Å²) in [7, 11) is 0. The van der Waals surface area contributed by atoms with Crippen LogP contribution in [0.5, 0.6) is 5.75 Å². The lowest BCUT2D eigenvalue weighted by molar-refractivity contribution is -0.143. The molecule has 0 saturated carbocycles. The molecule has 188 valence electrons. The molecule has 0 heterocycles. The lowest BCUT2D eigenvalue weighted by atomic mass is 10.0. The molecule has 0 aliphatic rings. The van der Waals surface area contributed by atoms with E-state index in [0.717, 1.165) is 0 Å². The molecule has 1 rings (SSSR count). The van der Waals surface area contributed by atoms with Crippen molar-refractivity contribution in [3.8, 4) is 5.75 Å². The van der Waals surface area contributed by atoms with Gasteiger partial charge in [0.15, 0.2) is 0 Å². The summed E-state index contributed by atoms with van der Waals surface area (Å²) in [4.78, 5) is 59.8. The number of hydrogen-bond acceptors (Lipinski definition) is 7. The van der Waals surface area contributed by atoms with Crippen LogP contribution in [0.15, 0.2) is 24.3 Å². The van der Waals surface area contributed by atoms with Gasteiger partial charge in [0.1, 0.15) is 23.9 Å². The van der Waals surface area contributed by atoms with Crippen LogP contribution >= 0.6 is 0 Å². The maximum absolute atomic E-state index is 12.9. The Morgan fingerprint density at radius 2 is 1.47 bits per heavy atom. The van der Waals surface area contributed by atoms with Crippen LogP contribution in [0.2, 0.25) is 0 Å². The summed E-state index contributed by atoms with van der Waals surface area (Å²) in [6, 6.07) is 1.28. The summed E-state index contributed by atoms with van der Waals surface area (Å²) in [5.41, 5.74) is 6.31. The van der Waals surface area contributed by atoms with Crippen LogP contribution in [0, 0.1) is 5.92 Å². The molecule has 0 fully saturated rings. The van der Waals surface area contributed by atoms with Crippen molar-refractivity contribution in [2.45, 2.75) is 64.2 Å². The van der Waals surface area contributed by atoms with Crippen molar-refractivity contribution in [2.75, 3.05) is 0 Å². The molecule has 4 unspecified atom stereocenters. The van der Waals surface area contributed by atoms with E-state index in [1.54, 1.807) is 26.0 Å². The molecule has 12 nitrogen and oxygen atoms in total. The molecule has 0 radical (unpaired) electrons.